The number of nitrogens with zero attached hydrogens (tertiary/aromatic N) is 1. The lowest BCUT2D eigenvalue weighted by atomic mass is 10.0. The molecule has 3 aromatic carbocycles. The van der Waals surface area contributed by atoms with Gasteiger partial charge in [-0.15, -0.1) is 0 Å². The molecule has 9 heteroatoms. The Morgan fingerprint density at radius 1 is 1.06 bits per heavy atom. The largest absolute Gasteiger partial charge is 0.465 e. The number of rotatable bonds is 4. The molecule has 0 fully saturated rings. The van der Waals surface area contributed by atoms with E-state index in [0.717, 1.165) is 4.47 Å². The minimum atomic E-state index is -1.40. The highest BCUT2D eigenvalue weighted by Crippen LogP contribution is 2.41. The lowest BCUT2D eigenvalue weighted by Gasteiger charge is -2.11. The number of benzene rings is 3. The number of fused-ring (bicyclic) bond motifs is 1. The molecule has 1 aliphatic rings. The first-order valence-electron chi connectivity index (χ1n) is 9.53. The summed E-state index contributed by atoms with van der Waals surface area (Å²) in [6.07, 6.45) is 0.171. The average Bonchev–Trinajstić information content (AvgIpc) is 3.06. The number of hydrogen-bond acceptors (Lipinski definition) is 5. The molecule has 0 bridgehead atoms. The third-order valence-corrected chi connectivity index (χ3v) is 5.62. The minimum absolute atomic E-state index is 0.188. The van der Waals surface area contributed by atoms with Crippen LogP contribution in [0.4, 0.5) is 10.5 Å². The maximum Gasteiger partial charge on any atom is 0.419 e. The van der Waals surface area contributed by atoms with Crippen LogP contribution in [0.1, 0.15) is 21.5 Å². The normalized spacial score (nSPS) is 13.7. The zero-order valence-corrected chi connectivity index (χ0v) is 19.4. The van der Waals surface area contributed by atoms with E-state index in [9.17, 15) is 19.5 Å². The molecule has 2 amide bonds. The van der Waals surface area contributed by atoms with Gasteiger partial charge in [0.1, 0.15) is 11.5 Å². The number of ether oxygens (including phenoxy) is 2. The summed E-state index contributed by atoms with van der Waals surface area (Å²) in [6, 6.07) is 16.2. The van der Waals surface area contributed by atoms with Crippen molar-refractivity contribution >= 4 is 62.8 Å². The molecule has 166 valence electrons. The van der Waals surface area contributed by atoms with E-state index in [1.807, 2.05) is 0 Å². The molecular formula is C24H15BrClNO6. The number of esters is 1. The summed E-state index contributed by atoms with van der Waals surface area (Å²) in [6.45, 7) is 0. The zero-order chi connectivity index (χ0) is 23.7. The van der Waals surface area contributed by atoms with Gasteiger partial charge in [0.05, 0.1) is 23.9 Å². The third kappa shape index (κ3) is 4.48. The molecule has 1 heterocycles. The quantitative estimate of drug-likeness (QED) is 0.318. The molecule has 0 saturated carbocycles. The van der Waals surface area contributed by atoms with E-state index in [4.69, 9.17) is 21.1 Å². The van der Waals surface area contributed by atoms with Crippen LogP contribution in [0.2, 0.25) is 5.02 Å². The van der Waals surface area contributed by atoms with Crippen molar-refractivity contribution in [1.82, 2.24) is 0 Å². The summed E-state index contributed by atoms with van der Waals surface area (Å²) in [7, 11) is 1.30. The first-order chi connectivity index (χ1) is 15.8. The van der Waals surface area contributed by atoms with Crippen molar-refractivity contribution < 1.29 is 29.0 Å². The second-order valence-corrected chi connectivity index (χ2v) is 8.29. The lowest BCUT2D eigenvalue weighted by Crippen LogP contribution is -2.31. The summed E-state index contributed by atoms with van der Waals surface area (Å²) in [5.74, 6) is -0.263. The van der Waals surface area contributed by atoms with Gasteiger partial charge in [0.25, 0.3) is 5.91 Å². The van der Waals surface area contributed by atoms with Gasteiger partial charge >= 0.3 is 12.1 Å². The van der Waals surface area contributed by atoms with Crippen molar-refractivity contribution in [2.24, 2.45) is 0 Å². The highest BCUT2D eigenvalue weighted by atomic mass is 79.9. The van der Waals surface area contributed by atoms with E-state index >= 15 is 0 Å². The van der Waals surface area contributed by atoms with E-state index in [0.29, 0.717) is 38.1 Å². The SMILES string of the molecule is COC(=O)c1ccc(Oc2ccc(Br)cc2/C=C2\C(=O)N(C(=O)O)c3cc(Cl)ccc32)cc1. The molecule has 4 rings (SSSR count). The van der Waals surface area contributed by atoms with Crippen molar-refractivity contribution in [3.05, 3.63) is 86.8 Å². The number of carbonyl (C=O) groups excluding carboxylic acids is 2. The van der Waals surface area contributed by atoms with Gasteiger partial charge in [-0.25, -0.2) is 14.5 Å². The second kappa shape index (κ2) is 9.09. The van der Waals surface area contributed by atoms with Crippen LogP contribution in [0.15, 0.2) is 65.1 Å². The number of anilines is 1. The summed E-state index contributed by atoms with van der Waals surface area (Å²) in [5, 5.41) is 9.86. The molecule has 3 aromatic rings. The van der Waals surface area contributed by atoms with Crippen LogP contribution in [0, 0.1) is 0 Å². The zero-order valence-electron chi connectivity index (χ0n) is 17.0. The Balaban J connectivity index is 1.75. The molecule has 1 N–H and O–H groups in total. The predicted molar refractivity (Wildman–Crippen MR) is 127 cm³/mol. The molecule has 0 spiro atoms. The van der Waals surface area contributed by atoms with E-state index in [-0.39, 0.29) is 11.3 Å². The third-order valence-electron chi connectivity index (χ3n) is 4.89. The molecule has 33 heavy (non-hydrogen) atoms. The summed E-state index contributed by atoms with van der Waals surface area (Å²) in [5.41, 5.74) is 1.75. The smallest absolute Gasteiger partial charge is 0.419 e. The fraction of sp³-hybridized carbons (Fsp3) is 0.0417. The van der Waals surface area contributed by atoms with Crippen LogP contribution in [-0.4, -0.2) is 30.2 Å². The first kappa shape index (κ1) is 22.6. The van der Waals surface area contributed by atoms with Crippen LogP contribution < -0.4 is 9.64 Å². The van der Waals surface area contributed by atoms with E-state index in [1.54, 1.807) is 60.7 Å². The maximum atomic E-state index is 12.9. The van der Waals surface area contributed by atoms with Gasteiger partial charge in [0.2, 0.25) is 0 Å². The van der Waals surface area contributed by atoms with Crippen LogP contribution >= 0.6 is 27.5 Å². The monoisotopic (exact) mass is 527 g/mol. The van der Waals surface area contributed by atoms with Crippen molar-refractivity contribution in [2.45, 2.75) is 0 Å². The van der Waals surface area contributed by atoms with Gasteiger partial charge in [-0.2, -0.15) is 0 Å². The van der Waals surface area contributed by atoms with Gasteiger partial charge in [-0.3, -0.25) is 4.79 Å². The van der Waals surface area contributed by atoms with Crippen molar-refractivity contribution in [1.29, 1.82) is 0 Å². The molecule has 0 radical (unpaired) electrons. The molecule has 0 aliphatic carbocycles. The van der Waals surface area contributed by atoms with E-state index in [2.05, 4.69) is 15.9 Å². The molecule has 0 saturated heterocycles. The maximum absolute atomic E-state index is 12.9. The molecule has 0 unspecified atom stereocenters. The summed E-state index contributed by atoms with van der Waals surface area (Å²) < 4.78 is 11.4. The Morgan fingerprint density at radius 2 is 1.79 bits per heavy atom. The number of carboxylic acid groups (broad SMARTS) is 1. The van der Waals surface area contributed by atoms with Gasteiger partial charge in [0, 0.05) is 20.6 Å². The second-order valence-electron chi connectivity index (χ2n) is 6.94. The van der Waals surface area contributed by atoms with Gasteiger partial charge in [0.15, 0.2) is 0 Å². The Morgan fingerprint density at radius 3 is 2.45 bits per heavy atom. The van der Waals surface area contributed by atoms with E-state index < -0.39 is 18.0 Å². The van der Waals surface area contributed by atoms with Gasteiger partial charge in [-0.1, -0.05) is 33.6 Å². The number of imide groups is 1. The first-order valence-corrected chi connectivity index (χ1v) is 10.7. The van der Waals surface area contributed by atoms with Crippen molar-refractivity contribution in [3.63, 3.8) is 0 Å². The number of hydrogen-bond donors (Lipinski definition) is 1. The Bertz CT molecular complexity index is 1320. The van der Waals surface area contributed by atoms with Gasteiger partial charge < -0.3 is 14.6 Å². The number of methoxy groups -OCH3 is 1. The topological polar surface area (TPSA) is 93.1 Å². The summed E-state index contributed by atoms with van der Waals surface area (Å²) >= 11 is 9.43. The summed E-state index contributed by atoms with van der Waals surface area (Å²) in [4.78, 5) is 37.0. The molecular weight excluding hydrogens is 514 g/mol. The molecule has 1 aliphatic heterocycles. The minimum Gasteiger partial charge on any atom is -0.465 e. The number of carbonyl (C=O) groups is 3. The van der Waals surface area contributed by atoms with Crippen LogP contribution in [0.5, 0.6) is 11.5 Å². The van der Waals surface area contributed by atoms with Gasteiger partial charge in [-0.05, 0) is 60.7 Å². The van der Waals surface area contributed by atoms with E-state index in [1.165, 1.54) is 13.2 Å². The van der Waals surface area contributed by atoms with Crippen LogP contribution in [0.25, 0.3) is 11.6 Å². The average molecular weight is 529 g/mol. The lowest BCUT2D eigenvalue weighted by molar-refractivity contribution is -0.112. The standard InChI is InChI=1S/C24H15BrClNO6/c1-32-23(29)13-2-6-17(7-3-13)33-21-9-4-15(25)10-14(21)11-19-18-8-5-16(26)12-20(18)27(22(19)28)24(30)31/h2-12H,1H3,(H,30,31)/b19-11-. The fourth-order valence-electron chi connectivity index (χ4n) is 3.38. The Kier molecular flexibility index (Phi) is 6.22. The number of halogens is 2. The molecule has 0 aromatic heterocycles. The Hall–Kier alpha value is -3.62. The van der Waals surface area contributed by atoms with Crippen LogP contribution in [-0.2, 0) is 9.53 Å². The predicted octanol–water partition coefficient (Wildman–Crippen LogP) is 6.25. The highest BCUT2D eigenvalue weighted by Gasteiger charge is 2.37. The van der Waals surface area contributed by atoms with Crippen LogP contribution in [0.3, 0.4) is 0 Å². The Labute approximate surface area is 201 Å². The molecule has 7 nitrogen and oxygen atoms in total. The van der Waals surface area contributed by atoms with Crippen molar-refractivity contribution in [2.75, 3.05) is 12.0 Å². The molecule has 0 atom stereocenters. The highest BCUT2D eigenvalue weighted by molar-refractivity contribution is 9.10. The van der Waals surface area contributed by atoms with Crippen molar-refractivity contribution in [3.8, 4) is 11.5 Å². The fourth-order valence-corrected chi connectivity index (χ4v) is 3.92. The number of amides is 2.